The summed E-state index contributed by atoms with van der Waals surface area (Å²) in [6.45, 7) is 2.11. The molecule has 4 nitrogen and oxygen atoms in total. The molecule has 1 fully saturated rings. The molecule has 3 heterocycles. The van der Waals surface area contributed by atoms with Gasteiger partial charge in [0.1, 0.15) is 10.9 Å². The van der Waals surface area contributed by atoms with E-state index in [1.165, 1.54) is 12.8 Å². The van der Waals surface area contributed by atoms with Crippen LogP contribution in [0.5, 0.6) is 0 Å². The number of fused-ring (bicyclic) bond motifs is 1. The molecule has 0 bridgehead atoms. The van der Waals surface area contributed by atoms with E-state index in [2.05, 4.69) is 22.2 Å². The van der Waals surface area contributed by atoms with Crippen LogP contribution in [0.25, 0.3) is 20.7 Å². The summed E-state index contributed by atoms with van der Waals surface area (Å²) in [5, 5.41) is 7.10. The van der Waals surface area contributed by atoms with Gasteiger partial charge in [0.15, 0.2) is 5.82 Å². The molecule has 0 amide bonds. The molecule has 3 aromatic heterocycles. The Kier molecular flexibility index (Phi) is 3.17. The van der Waals surface area contributed by atoms with Crippen molar-refractivity contribution in [3.63, 3.8) is 0 Å². The van der Waals surface area contributed by atoms with Gasteiger partial charge < -0.3 is 10.3 Å². The van der Waals surface area contributed by atoms with E-state index in [1.807, 2.05) is 22.9 Å². The van der Waals surface area contributed by atoms with Gasteiger partial charge in [0.25, 0.3) is 5.56 Å². The van der Waals surface area contributed by atoms with Crippen LogP contribution in [0.1, 0.15) is 31.6 Å². The van der Waals surface area contributed by atoms with Gasteiger partial charge in [0, 0.05) is 28.7 Å². The highest BCUT2D eigenvalue weighted by atomic mass is 32.1. The zero-order valence-electron chi connectivity index (χ0n) is 11.6. The van der Waals surface area contributed by atoms with E-state index in [0.29, 0.717) is 6.04 Å². The van der Waals surface area contributed by atoms with Gasteiger partial charge in [-0.15, -0.1) is 22.7 Å². The van der Waals surface area contributed by atoms with Crippen LogP contribution in [-0.4, -0.2) is 16.0 Å². The Morgan fingerprint density at radius 3 is 3.00 bits per heavy atom. The molecule has 108 valence electrons. The molecule has 1 saturated carbocycles. The maximum absolute atomic E-state index is 12.5. The topological polar surface area (TPSA) is 62.4 Å². The van der Waals surface area contributed by atoms with Crippen LogP contribution in [0.2, 0.25) is 0 Å². The Labute approximate surface area is 129 Å². The number of aromatic nitrogens is 2. The minimum atomic E-state index is -0.0179. The SMILES string of the molecule is C[C@H]([NH2+]C1CC1)c1nc2scc(-c3cccs3)c2c(=O)[nH]1. The number of nitrogens with two attached hydrogens (primary N) is 1. The molecule has 0 radical (unpaired) electrons. The Hall–Kier alpha value is -1.50. The molecule has 1 atom stereocenters. The lowest BCUT2D eigenvalue weighted by Gasteiger charge is -2.09. The van der Waals surface area contributed by atoms with Crippen molar-refractivity contribution in [2.24, 2.45) is 0 Å². The molecule has 6 heteroatoms. The van der Waals surface area contributed by atoms with E-state index < -0.39 is 0 Å². The number of H-pyrrole nitrogens is 1. The van der Waals surface area contributed by atoms with Crippen molar-refractivity contribution in [1.29, 1.82) is 0 Å². The molecule has 0 aromatic carbocycles. The molecule has 0 spiro atoms. The van der Waals surface area contributed by atoms with Crippen LogP contribution in [0.3, 0.4) is 0 Å². The lowest BCUT2D eigenvalue weighted by Crippen LogP contribution is -2.86. The highest BCUT2D eigenvalue weighted by Gasteiger charge is 2.29. The third-order valence-electron chi connectivity index (χ3n) is 3.86. The summed E-state index contributed by atoms with van der Waals surface area (Å²) < 4.78 is 0. The normalized spacial score (nSPS) is 16.4. The summed E-state index contributed by atoms with van der Waals surface area (Å²) in [6.07, 6.45) is 2.55. The summed E-state index contributed by atoms with van der Waals surface area (Å²) in [5.41, 5.74) is 0.986. The zero-order chi connectivity index (χ0) is 14.4. The van der Waals surface area contributed by atoms with E-state index in [9.17, 15) is 4.79 Å². The number of nitrogens with one attached hydrogen (secondary N) is 1. The van der Waals surface area contributed by atoms with E-state index >= 15 is 0 Å². The van der Waals surface area contributed by atoms with Crippen molar-refractivity contribution in [1.82, 2.24) is 9.97 Å². The molecule has 0 unspecified atom stereocenters. The Morgan fingerprint density at radius 1 is 1.43 bits per heavy atom. The second kappa shape index (κ2) is 5.05. The van der Waals surface area contributed by atoms with Gasteiger partial charge in [-0.3, -0.25) is 4.79 Å². The van der Waals surface area contributed by atoms with Gasteiger partial charge in [0.05, 0.1) is 11.4 Å². The van der Waals surface area contributed by atoms with Crippen molar-refractivity contribution in [2.75, 3.05) is 0 Å². The van der Waals surface area contributed by atoms with Crippen LogP contribution in [0.15, 0.2) is 27.7 Å². The summed E-state index contributed by atoms with van der Waals surface area (Å²) in [4.78, 5) is 22.1. The van der Waals surface area contributed by atoms with Crippen molar-refractivity contribution in [2.45, 2.75) is 31.8 Å². The highest BCUT2D eigenvalue weighted by Crippen LogP contribution is 2.33. The molecule has 4 rings (SSSR count). The second-order valence-corrected chi connectivity index (χ2v) is 7.38. The third kappa shape index (κ3) is 2.43. The second-order valence-electron chi connectivity index (χ2n) is 5.58. The fourth-order valence-electron chi connectivity index (χ4n) is 2.58. The van der Waals surface area contributed by atoms with E-state index in [0.717, 1.165) is 26.5 Å². The predicted octanol–water partition coefficient (Wildman–Crippen LogP) is 2.50. The largest absolute Gasteiger partial charge is 0.335 e. The monoisotopic (exact) mass is 318 g/mol. The van der Waals surface area contributed by atoms with Gasteiger partial charge in [-0.1, -0.05) is 6.07 Å². The van der Waals surface area contributed by atoms with Crippen LogP contribution in [-0.2, 0) is 0 Å². The highest BCUT2D eigenvalue weighted by molar-refractivity contribution is 7.18. The molecular formula is C15H16N3OS2+. The Bertz CT molecular complexity index is 830. The summed E-state index contributed by atoms with van der Waals surface area (Å²) in [7, 11) is 0. The van der Waals surface area contributed by atoms with Gasteiger partial charge in [-0.25, -0.2) is 4.98 Å². The standard InChI is InChI=1S/C15H15N3OS2/c1-8(16-9-4-5-9)13-17-14(19)12-10(7-21-15(12)18-13)11-3-2-6-20-11/h2-3,6-9,16H,4-5H2,1H3,(H,17,18,19)/p+1/t8-/m0/s1. The lowest BCUT2D eigenvalue weighted by molar-refractivity contribution is -0.706. The maximum atomic E-state index is 12.5. The molecule has 1 aliphatic rings. The maximum Gasteiger partial charge on any atom is 0.260 e. The number of quaternary nitrogens is 1. The lowest BCUT2D eigenvalue weighted by atomic mass is 10.2. The molecule has 21 heavy (non-hydrogen) atoms. The van der Waals surface area contributed by atoms with Crippen molar-refractivity contribution < 1.29 is 5.32 Å². The molecule has 3 N–H and O–H groups in total. The molecule has 0 saturated heterocycles. The quantitative estimate of drug-likeness (QED) is 0.776. The number of hydrogen-bond donors (Lipinski definition) is 2. The first-order valence-electron chi connectivity index (χ1n) is 7.12. The average Bonchev–Trinajstić information content (AvgIpc) is 2.97. The Morgan fingerprint density at radius 2 is 2.29 bits per heavy atom. The number of nitrogens with zero attached hydrogens (tertiary/aromatic N) is 1. The molecular weight excluding hydrogens is 302 g/mol. The van der Waals surface area contributed by atoms with Crippen LogP contribution in [0, 0.1) is 0 Å². The first-order chi connectivity index (χ1) is 10.2. The number of hydrogen-bond acceptors (Lipinski definition) is 4. The Balaban J connectivity index is 1.79. The first kappa shape index (κ1) is 13.2. The average molecular weight is 318 g/mol. The van der Waals surface area contributed by atoms with Gasteiger partial charge in [-0.2, -0.15) is 0 Å². The van der Waals surface area contributed by atoms with Crippen molar-refractivity contribution >= 4 is 32.9 Å². The molecule has 0 aliphatic heterocycles. The minimum absolute atomic E-state index is 0.0179. The van der Waals surface area contributed by atoms with Crippen molar-refractivity contribution in [3.8, 4) is 10.4 Å². The summed E-state index contributed by atoms with van der Waals surface area (Å²) in [6, 6.07) is 4.97. The summed E-state index contributed by atoms with van der Waals surface area (Å²) >= 11 is 3.21. The molecule has 3 aromatic rings. The van der Waals surface area contributed by atoms with Gasteiger partial charge in [0.2, 0.25) is 0 Å². The van der Waals surface area contributed by atoms with Gasteiger partial charge >= 0.3 is 0 Å². The van der Waals surface area contributed by atoms with Crippen molar-refractivity contribution in [3.05, 3.63) is 39.1 Å². The number of thiophene rings is 2. The van der Waals surface area contributed by atoms with Crippen LogP contribution in [0.4, 0.5) is 0 Å². The number of rotatable bonds is 4. The third-order valence-corrected chi connectivity index (χ3v) is 5.64. The smallest absolute Gasteiger partial charge is 0.260 e. The van der Waals surface area contributed by atoms with E-state index in [4.69, 9.17) is 0 Å². The van der Waals surface area contributed by atoms with Gasteiger partial charge in [-0.05, 0) is 18.4 Å². The predicted molar refractivity (Wildman–Crippen MR) is 86.9 cm³/mol. The first-order valence-corrected chi connectivity index (χ1v) is 8.88. The van der Waals surface area contributed by atoms with Crippen LogP contribution >= 0.6 is 22.7 Å². The minimum Gasteiger partial charge on any atom is -0.335 e. The van der Waals surface area contributed by atoms with E-state index in [1.54, 1.807) is 22.7 Å². The number of aromatic amines is 1. The summed E-state index contributed by atoms with van der Waals surface area (Å²) in [5.74, 6) is 0.791. The zero-order valence-corrected chi connectivity index (χ0v) is 13.3. The van der Waals surface area contributed by atoms with Crippen LogP contribution < -0.4 is 10.9 Å². The van der Waals surface area contributed by atoms with E-state index in [-0.39, 0.29) is 11.6 Å². The molecule has 1 aliphatic carbocycles. The fourth-order valence-corrected chi connectivity index (χ4v) is 4.35. The fraction of sp³-hybridized carbons (Fsp3) is 0.333.